The van der Waals surface area contributed by atoms with Crippen molar-refractivity contribution in [3.63, 3.8) is 0 Å². The molecule has 4 heteroatoms. The van der Waals surface area contributed by atoms with E-state index in [1.807, 2.05) is 39.0 Å². The number of carbonyl (C=O) groups is 1. The van der Waals surface area contributed by atoms with Crippen LogP contribution in [0.2, 0.25) is 0 Å². The molecule has 0 atom stereocenters. The summed E-state index contributed by atoms with van der Waals surface area (Å²) in [6.07, 6.45) is 0. The summed E-state index contributed by atoms with van der Waals surface area (Å²) in [6, 6.07) is 5.63. The van der Waals surface area contributed by atoms with Crippen LogP contribution in [0.4, 0.5) is 0 Å². The number of carbonyl (C=O) groups excluding carboxylic acids is 1. The van der Waals surface area contributed by atoms with Gasteiger partial charge >= 0.3 is 0 Å². The van der Waals surface area contributed by atoms with Crippen molar-refractivity contribution >= 4 is 33.4 Å². The SMILES string of the molecule is Cc1c(Br)cccc1C(=O)N(C)C(C)(C)CCl. The van der Waals surface area contributed by atoms with Gasteiger partial charge in [-0.15, -0.1) is 11.6 Å². The van der Waals surface area contributed by atoms with Crippen LogP contribution in [0.25, 0.3) is 0 Å². The van der Waals surface area contributed by atoms with E-state index >= 15 is 0 Å². The zero-order valence-electron chi connectivity index (χ0n) is 10.6. The molecule has 0 saturated heterocycles. The molecule has 0 aliphatic heterocycles. The summed E-state index contributed by atoms with van der Waals surface area (Å²) in [7, 11) is 1.78. The number of nitrogens with zero attached hydrogens (tertiary/aromatic N) is 1. The lowest BCUT2D eigenvalue weighted by molar-refractivity contribution is 0.0659. The van der Waals surface area contributed by atoms with Crippen molar-refractivity contribution in [3.05, 3.63) is 33.8 Å². The Bertz CT molecular complexity index is 431. The molecule has 1 amide bonds. The molecule has 0 N–H and O–H groups in total. The van der Waals surface area contributed by atoms with Crippen LogP contribution in [-0.4, -0.2) is 29.3 Å². The van der Waals surface area contributed by atoms with Gasteiger partial charge in [0.2, 0.25) is 0 Å². The highest BCUT2D eigenvalue weighted by Crippen LogP contribution is 2.23. The van der Waals surface area contributed by atoms with Crippen molar-refractivity contribution in [2.75, 3.05) is 12.9 Å². The molecule has 0 unspecified atom stereocenters. The molecule has 0 aliphatic rings. The number of amides is 1. The van der Waals surface area contributed by atoms with Gasteiger partial charge in [0.15, 0.2) is 0 Å². The molecule has 0 aliphatic carbocycles. The zero-order chi connectivity index (χ0) is 13.2. The largest absolute Gasteiger partial charge is 0.335 e. The van der Waals surface area contributed by atoms with E-state index in [1.54, 1.807) is 11.9 Å². The van der Waals surface area contributed by atoms with Crippen LogP contribution in [0, 0.1) is 6.92 Å². The Labute approximate surface area is 116 Å². The Kier molecular flexibility index (Phi) is 4.62. The highest BCUT2D eigenvalue weighted by Gasteiger charge is 2.28. The van der Waals surface area contributed by atoms with E-state index in [1.165, 1.54) is 0 Å². The van der Waals surface area contributed by atoms with Crippen LogP contribution in [0.3, 0.4) is 0 Å². The summed E-state index contributed by atoms with van der Waals surface area (Å²) in [5.74, 6) is 0.400. The average molecular weight is 319 g/mol. The van der Waals surface area contributed by atoms with Gasteiger partial charge in [-0.3, -0.25) is 4.79 Å². The molecule has 17 heavy (non-hydrogen) atoms. The maximum atomic E-state index is 12.4. The number of hydrogen-bond donors (Lipinski definition) is 0. The zero-order valence-corrected chi connectivity index (χ0v) is 12.9. The minimum absolute atomic E-state index is 0.00514. The van der Waals surface area contributed by atoms with Gasteiger partial charge in [0.1, 0.15) is 0 Å². The molecule has 0 saturated carbocycles. The third-order valence-electron chi connectivity index (χ3n) is 3.04. The second kappa shape index (κ2) is 5.40. The third kappa shape index (κ3) is 3.02. The van der Waals surface area contributed by atoms with Crippen LogP contribution in [0.5, 0.6) is 0 Å². The Balaban J connectivity index is 3.09. The fourth-order valence-corrected chi connectivity index (χ4v) is 1.93. The van der Waals surface area contributed by atoms with Gasteiger partial charge in [0.25, 0.3) is 5.91 Å². The van der Waals surface area contributed by atoms with Crippen LogP contribution in [-0.2, 0) is 0 Å². The van der Waals surface area contributed by atoms with E-state index in [2.05, 4.69) is 15.9 Å². The molecule has 1 rings (SSSR count). The smallest absolute Gasteiger partial charge is 0.254 e. The van der Waals surface area contributed by atoms with Gasteiger partial charge in [-0.1, -0.05) is 22.0 Å². The molecule has 0 aromatic heterocycles. The van der Waals surface area contributed by atoms with Crippen molar-refractivity contribution < 1.29 is 4.79 Å². The molecule has 1 aromatic carbocycles. The number of alkyl halides is 1. The van der Waals surface area contributed by atoms with E-state index in [9.17, 15) is 4.79 Å². The number of halogens is 2. The molecular formula is C13H17BrClNO. The molecule has 0 spiro atoms. The lowest BCUT2D eigenvalue weighted by Crippen LogP contribution is -2.46. The highest BCUT2D eigenvalue weighted by atomic mass is 79.9. The van der Waals surface area contributed by atoms with E-state index in [-0.39, 0.29) is 11.4 Å². The van der Waals surface area contributed by atoms with Gasteiger partial charge in [0.05, 0.1) is 5.54 Å². The molecule has 1 aromatic rings. The summed E-state index contributed by atoms with van der Waals surface area (Å²) >= 11 is 9.32. The molecule has 0 bridgehead atoms. The Morgan fingerprint density at radius 2 is 2.06 bits per heavy atom. The van der Waals surface area contributed by atoms with Gasteiger partial charge < -0.3 is 4.90 Å². The van der Waals surface area contributed by atoms with E-state index < -0.39 is 0 Å². The summed E-state index contributed by atoms with van der Waals surface area (Å²) in [5, 5.41) is 0. The lowest BCUT2D eigenvalue weighted by atomic mass is 10.0. The Morgan fingerprint density at radius 1 is 1.47 bits per heavy atom. The van der Waals surface area contributed by atoms with Crippen molar-refractivity contribution in [1.29, 1.82) is 0 Å². The number of benzene rings is 1. The monoisotopic (exact) mass is 317 g/mol. The minimum Gasteiger partial charge on any atom is -0.335 e. The van der Waals surface area contributed by atoms with Crippen molar-refractivity contribution in [1.82, 2.24) is 4.90 Å². The average Bonchev–Trinajstić information content (AvgIpc) is 2.30. The van der Waals surface area contributed by atoms with Crippen molar-refractivity contribution in [2.45, 2.75) is 26.3 Å². The van der Waals surface area contributed by atoms with Crippen molar-refractivity contribution in [3.8, 4) is 0 Å². The molecule has 0 fully saturated rings. The van der Waals surface area contributed by atoms with Gasteiger partial charge in [-0.05, 0) is 38.5 Å². The normalized spacial score (nSPS) is 11.4. The van der Waals surface area contributed by atoms with E-state index in [0.717, 1.165) is 10.0 Å². The first-order chi connectivity index (χ1) is 7.81. The van der Waals surface area contributed by atoms with E-state index in [0.29, 0.717) is 11.4 Å². The summed E-state index contributed by atoms with van der Waals surface area (Å²) in [6.45, 7) is 5.83. The molecule has 2 nitrogen and oxygen atoms in total. The Morgan fingerprint density at radius 3 is 2.59 bits per heavy atom. The fourth-order valence-electron chi connectivity index (χ4n) is 1.38. The number of rotatable bonds is 3. The highest BCUT2D eigenvalue weighted by molar-refractivity contribution is 9.10. The molecule has 0 radical (unpaired) electrons. The Hall–Kier alpha value is -0.540. The second-order valence-electron chi connectivity index (χ2n) is 4.72. The third-order valence-corrected chi connectivity index (χ3v) is 4.55. The maximum Gasteiger partial charge on any atom is 0.254 e. The van der Waals surface area contributed by atoms with Gasteiger partial charge in [0, 0.05) is 23.0 Å². The summed E-state index contributed by atoms with van der Waals surface area (Å²) in [5.41, 5.74) is 1.31. The predicted octanol–water partition coefficient (Wildman–Crippen LogP) is 3.85. The quantitative estimate of drug-likeness (QED) is 0.775. The van der Waals surface area contributed by atoms with Crippen LogP contribution >= 0.6 is 27.5 Å². The minimum atomic E-state index is -0.354. The van der Waals surface area contributed by atoms with Crippen LogP contribution in [0.1, 0.15) is 29.8 Å². The first-order valence-corrected chi connectivity index (χ1v) is 6.73. The van der Waals surface area contributed by atoms with Gasteiger partial charge in [-0.25, -0.2) is 0 Å². The van der Waals surface area contributed by atoms with Gasteiger partial charge in [-0.2, -0.15) is 0 Å². The first-order valence-electron chi connectivity index (χ1n) is 5.40. The molecular weight excluding hydrogens is 302 g/mol. The predicted molar refractivity (Wildman–Crippen MR) is 75.8 cm³/mol. The maximum absolute atomic E-state index is 12.4. The molecule has 0 heterocycles. The summed E-state index contributed by atoms with van der Waals surface area (Å²) in [4.78, 5) is 14.1. The summed E-state index contributed by atoms with van der Waals surface area (Å²) < 4.78 is 0.945. The fraction of sp³-hybridized carbons (Fsp3) is 0.462. The number of hydrogen-bond acceptors (Lipinski definition) is 1. The second-order valence-corrected chi connectivity index (χ2v) is 5.84. The van der Waals surface area contributed by atoms with E-state index in [4.69, 9.17) is 11.6 Å². The lowest BCUT2D eigenvalue weighted by Gasteiger charge is -2.34. The standard InChI is InChI=1S/C13H17BrClNO/c1-9-10(6-5-7-11(9)14)12(17)16(4)13(2,3)8-15/h5-7H,8H2,1-4H3. The van der Waals surface area contributed by atoms with Crippen LogP contribution in [0.15, 0.2) is 22.7 Å². The first kappa shape index (κ1) is 14.5. The van der Waals surface area contributed by atoms with Crippen molar-refractivity contribution in [2.24, 2.45) is 0 Å². The van der Waals surface area contributed by atoms with Crippen LogP contribution < -0.4 is 0 Å². The molecule has 94 valence electrons. The topological polar surface area (TPSA) is 20.3 Å².